The van der Waals surface area contributed by atoms with Gasteiger partial charge in [0.1, 0.15) is 0 Å². The van der Waals surface area contributed by atoms with Gasteiger partial charge in [0.15, 0.2) is 7.14 Å². The highest BCUT2D eigenvalue weighted by atomic mass is 31.2. The van der Waals surface area contributed by atoms with E-state index in [1.54, 1.807) is 0 Å². The van der Waals surface area contributed by atoms with Crippen molar-refractivity contribution < 1.29 is 4.57 Å². The molecule has 248 valence electrons. The number of hydrogen-bond donors (Lipinski definition) is 0. The SMILES string of the molecule is O=P(c1ccccc1)(c1ccccc1)c1ccc2cc(-c3nc4c(c5ccccc35)C3(c5ccccc5-c5ccccc53)c3ccccc3-4)ccc2c1. The van der Waals surface area contributed by atoms with Crippen molar-refractivity contribution in [2.45, 2.75) is 5.41 Å². The first-order chi connectivity index (χ1) is 26.2. The van der Waals surface area contributed by atoms with Gasteiger partial charge >= 0.3 is 0 Å². The summed E-state index contributed by atoms with van der Waals surface area (Å²) < 4.78 is 15.2. The summed E-state index contributed by atoms with van der Waals surface area (Å²) in [6.45, 7) is 0. The molecule has 9 aromatic rings. The topological polar surface area (TPSA) is 30.0 Å². The van der Waals surface area contributed by atoms with Crippen molar-refractivity contribution >= 4 is 44.6 Å². The lowest BCUT2D eigenvalue weighted by atomic mass is 9.69. The standard InChI is InChI=1S/C50H32NOP/c52-53(36-15-3-1-4-16-36,37-17-5-2-6-18-37)38-30-29-33-31-35(28-27-34(33)32-38)48-42-22-8-7-21-41(42)47-49(51-48)43-23-11-14-26-46(43)50(47)44-24-12-9-19-39(44)40-20-10-13-25-45(40)50/h1-32H. The Morgan fingerprint density at radius 2 is 0.887 bits per heavy atom. The van der Waals surface area contributed by atoms with Crippen molar-refractivity contribution in [1.82, 2.24) is 4.98 Å². The average Bonchev–Trinajstić information content (AvgIpc) is 3.71. The summed E-state index contributed by atoms with van der Waals surface area (Å²) in [7, 11) is -3.10. The maximum absolute atomic E-state index is 15.2. The van der Waals surface area contributed by atoms with Crippen molar-refractivity contribution in [2.24, 2.45) is 0 Å². The first kappa shape index (κ1) is 30.3. The van der Waals surface area contributed by atoms with Crippen molar-refractivity contribution in [3.05, 3.63) is 216 Å². The number of pyridine rings is 1. The summed E-state index contributed by atoms with van der Waals surface area (Å²) in [6.07, 6.45) is 0. The first-order valence-electron chi connectivity index (χ1n) is 18.2. The fourth-order valence-corrected chi connectivity index (χ4v) is 12.0. The fourth-order valence-electron chi connectivity index (χ4n) is 9.30. The van der Waals surface area contributed by atoms with E-state index < -0.39 is 12.6 Å². The van der Waals surface area contributed by atoms with Gasteiger partial charge in [-0.05, 0) is 56.1 Å². The summed E-state index contributed by atoms with van der Waals surface area (Å²) in [4.78, 5) is 5.66. The molecule has 1 spiro atoms. The molecule has 0 bridgehead atoms. The monoisotopic (exact) mass is 693 g/mol. The Labute approximate surface area is 308 Å². The number of hydrogen-bond acceptors (Lipinski definition) is 2. The second-order valence-corrected chi connectivity index (χ2v) is 16.9. The molecule has 2 aliphatic carbocycles. The zero-order chi connectivity index (χ0) is 35.1. The van der Waals surface area contributed by atoms with Gasteiger partial charge in [-0.25, -0.2) is 4.98 Å². The van der Waals surface area contributed by atoms with Gasteiger partial charge in [-0.15, -0.1) is 0 Å². The van der Waals surface area contributed by atoms with Gasteiger partial charge in [0.2, 0.25) is 0 Å². The average molecular weight is 694 g/mol. The molecule has 0 unspecified atom stereocenters. The Kier molecular flexibility index (Phi) is 6.48. The Morgan fingerprint density at radius 3 is 1.53 bits per heavy atom. The van der Waals surface area contributed by atoms with Crippen molar-refractivity contribution in [3.63, 3.8) is 0 Å². The Morgan fingerprint density at radius 1 is 0.396 bits per heavy atom. The van der Waals surface area contributed by atoms with Gasteiger partial charge in [-0.1, -0.05) is 182 Å². The molecule has 0 amide bonds. The molecular weight excluding hydrogens is 662 g/mol. The van der Waals surface area contributed by atoms with E-state index in [0.717, 1.165) is 49.0 Å². The third kappa shape index (κ3) is 4.10. The minimum atomic E-state index is -3.10. The molecule has 8 aromatic carbocycles. The molecule has 0 aliphatic heterocycles. The summed E-state index contributed by atoms with van der Waals surface area (Å²) >= 11 is 0. The quantitative estimate of drug-likeness (QED) is 0.172. The van der Waals surface area contributed by atoms with E-state index in [1.807, 2.05) is 60.7 Å². The molecule has 1 heterocycles. The first-order valence-corrected chi connectivity index (χ1v) is 19.9. The molecule has 3 heteroatoms. The van der Waals surface area contributed by atoms with Crippen LogP contribution in [0.15, 0.2) is 194 Å². The highest BCUT2D eigenvalue weighted by molar-refractivity contribution is 7.85. The third-order valence-corrected chi connectivity index (χ3v) is 14.6. The van der Waals surface area contributed by atoms with Gasteiger partial charge in [0, 0.05) is 38.0 Å². The summed E-state index contributed by atoms with van der Waals surface area (Å²) in [6, 6.07) is 68.1. The number of benzene rings is 8. The largest absolute Gasteiger partial charge is 0.309 e. The summed E-state index contributed by atoms with van der Waals surface area (Å²) in [5, 5.41) is 6.98. The van der Waals surface area contributed by atoms with Crippen molar-refractivity contribution in [2.75, 3.05) is 0 Å². The van der Waals surface area contributed by atoms with Gasteiger partial charge in [0.05, 0.1) is 16.8 Å². The maximum Gasteiger partial charge on any atom is 0.171 e. The highest BCUT2D eigenvalue weighted by Crippen LogP contribution is 2.64. The van der Waals surface area contributed by atoms with Gasteiger partial charge in [0.25, 0.3) is 0 Å². The maximum atomic E-state index is 15.2. The van der Waals surface area contributed by atoms with Crippen LogP contribution in [-0.4, -0.2) is 4.98 Å². The van der Waals surface area contributed by atoms with Crippen LogP contribution in [0.4, 0.5) is 0 Å². The molecule has 0 saturated heterocycles. The van der Waals surface area contributed by atoms with Crippen LogP contribution in [0.1, 0.15) is 22.3 Å². The zero-order valence-corrected chi connectivity index (χ0v) is 29.7. The van der Waals surface area contributed by atoms with E-state index in [2.05, 4.69) is 133 Å². The molecule has 0 fully saturated rings. The predicted octanol–water partition coefficient (Wildman–Crippen LogP) is 11.0. The Hall–Kier alpha value is -6.34. The van der Waals surface area contributed by atoms with E-state index in [-0.39, 0.29) is 0 Å². The Bertz CT molecular complexity index is 2900. The lowest BCUT2D eigenvalue weighted by molar-refractivity contribution is 0.592. The molecule has 1 aromatic heterocycles. The van der Waals surface area contributed by atoms with Crippen molar-refractivity contribution in [3.8, 4) is 33.6 Å². The summed E-state index contributed by atoms with van der Waals surface area (Å²) in [5.74, 6) is 0. The normalized spacial score (nSPS) is 13.5. The minimum absolute atomic E-state index is 0.463. The van der Waals surface area contributed by atoms with Crippen LogP contribution in [0.2, 0.25) is 0 Å². The molecular formula is C50H32NOP. The molecule has 2 nitrogen and oxygen atoms in total. The lowest BCUT2D eigenvalue weighted by Crippen LogP contribution is -2.26. The Balaban J connectivity index is 1.13. The zero-order valence-electron chi connectivity index (χ0n) is 28.8. The molecule has 0 N–H and O–H groups in total. The molecule has 0 atom stereocenters. The van der Waals surface area contributed by atoms with Crippen LogP contribution in [0.3, 0.4) is 0 Å². The van der Waals surface area contributed by atoms with Crippen LogP contribution in [-0.2, 0) is 9.98 Å². The van der Waals surface area contributed by atoms with E-state index in [0.29, 0.717) is 0 Å². The predicted molar refractivity (Wildman–Crippen MR) is 220 cm³/mol. The highest BCUT2D eigenvalue weighted by Gasteiger charge is 2.53. The number of fused-ring (bicyclic) bond motifs is 13. The second kappa shape index (κ2) is 11.3. The van der Waals surface area contributed by atoms with Gasteiger partial charge < -0.3 is 4.57 Å². The third-order valence-electron chi connectivity index (χ3n) is 11.5. The number of aromatic nitrogens is 1. The van der Waals surface area contributed by atoms with Gasteiger partial charge in [-0.3, -0.25) is 0 Å². The van der Waals surface area contributed by atoms with Crippen LogP contribution < -0.4 is 15.9 Å². The fraction of sp³-hybridized carbons (Fsp3) is 0.0200. The van der Waals surface area contributed by atoms with Crippen LogP contribution in [0, 0.1) is 0 Å². The summed E-state index contributed by atoms with van der Waals surface area (Å²) in [5.41, 5.74) is 11.6. The molecule has 53 heavy (non-hydrogen) atoms. The molecule has 2 aliphatic rings. The van der Waals surface area contributed by atoms with E-state index in [1.165, 1.54) is 44.3 Å². The molecule has 0 radical (unpaired) electrons. The molecule has 0 saturated carbocycles. The minimum Gasteiger partial charge on any atom is -0.309 e. The van der Waals surface area contributed by atoms with Gasteiger partial charge in [-0.2, -0.15) is 0 Å². The number of rotatable bonds is 4. The molecule has 11 rings (SSSR count). The van der Waals surface area contributed by atoms with E-state index >= 15 is 4.57 Å². The number of nitrogens with zero attached hydrogens (tertiary/aromatic N) is 1. The van der Waals surface area contributed by atoms with Crippen LogP contribution in [0.5, 0.6) is 0 Å². The smallest absolute Gasteiger partial charge is 0.171 e. The lowest BCUT2D eigenvalue weighted by Gasteiger charge is -2.31. The second-order valence-electron chi connectivity index (χ2n) is 14.1. The van der Waals surface area contributed by atoms with E-state index in [9.17, 15) is 0 Å². The van der Waals surface area contributed by atoms with Crippen LogP contribution >= 0.6 is 7.14 Å². The van der Waals surface area contributed by atoms with Crippen molar-refractivity contribution in [1.29, 1.82) is 0 Å². The van der Waals surface area contributed by atoms with E-state index in [4.69, 9.17) is 4.98 Å². The van der Waals surface area contributed by atoms with Crippen LogP contribution in [0.25, 0.3) is 55.2 Å².